The SMILES string of the molecule is CC(=O)[C@@H]1Cc2ccc(OCCN)c(c2)-c2cc(ccc2OCCN)[C@H](N(C)C(=O)[C@H](CCCN)NC(=O)c2ccc(-c3ccccc3)cc2C)C(=O)N[C@@H](C)C(=O)N1. The Morgan fingerprint density at radius 1 is 0.814 bits per heavy atom. The molecule has 0 radical (unpaired) electrons. The van der Waals surface area contributed by atoms with Crippen LogP contribution in [-0.2, 0) is 25.6 Å². The number of nitrogens with one attached hydrogen (secondary N) is 3. The molecule has 1 heterocycles. The zero-order valence-electron chi connectivity index (χ0n) is 34.1. The van der Waals surface area contributed by atoms with E-state index in [1.807, 2.05) is 61.5 Å². The highest BCUT2D eigenvalue weighted by atomic mass is 16.5. The first-order valence-electron chi connectivity index (χ1n) is 19.8. The number of carbonyl (C=O) groups excluding carboxylic acids is 5. The molecule has 4 aromatic carbocycles. The Labute approximate surface area is 345 Å². The summed E-state index contributed by atoms with van der Waals surface area (Å²) in [5.74, 6) is -1.66. The van der Waals surface area contributed by atoms with Gasteiger partial charge in [-0.25, -0.2) is 0 Å². The summed E-state index contributed by atoms with van der Waals surface area (Å²) in [7, 11) is 1.47. The second-order valence-corrected chi connectivity index (χ2v) is 14.7. The van der Waals surface area contributed by atoms with Crippen molar-refractivity contribution in [1.82, 2.24) is 20.9 Å². The Balaban J connectivity index is 1.59. The van der Waals surface area contributed by atoms with E-state index in [4.69, 9.17) is 26.7 Å². The first-order chi connectivity index (χ1) is 28.4. The molecule has 0 saturated carbocycles. The summed E-state index contributed by atoms with van der Waals surface area (Å²) in [6.07, 6.45) is 0.760. The van der Waals surface area contributed by atoms with E-state index in [2.05, 4.69) is 16.0 Å². The fourth-order valence-electron chi connectivity index (χ4n) is 7.09. The summed E-state index contributed by atoms with van der Waals surface area (Å²) in [6.45, 7) is 5.82. The molecule has 1 aliphatic heterocycles. The molecule has 14 heteroatoms. The molecule has 1 aliphatic rings. The fourth-order valence-corrected chi connectivity index (χ4v) is 7.09. The average Bonchev–Trinajstić information content (AvgIpc) is 3.23. The number of amides is 4. The van der Waals surface area contributed by atoms with Crippen molar-refractivity contribution >= 4 is 29.4 Å². The number of hydrogen-bond acceptors (Lipinski definition) is 10. The van der Waals surface area contributed by atoms with Crippen LogP contribution in [0.4, 0.5) is 0 Å². The summed E-state index contributed by atoms with van der Waals surface area (Å²) < 4.78 is 12.2. The maximum Gasteiger partial charge on any atom is 0.252 e. The molecule has 59 heavy (non-hydrogen) atoms. The lowest BCUT2D eigenvalue weighted by atomic mass is 9.93. The molecule has 0 aromatic heterocycles. The van der Waals surface area contributed by atoms with Gasteiger partial charge in [0, 0.05) is 36.8 Å². The number of carbonyl (C=O) groups is 5. The van der Waals surface area contributed by atoms with E-state index in [-0.39, 0.29) is 51.5 Å². The van der Waals surface area contributed by atoms with Crippen molar-refractivity contribution in [3.63, 3.8) is 0 Å². The minimum absolute atomic E-state index is 0.164. The number of ketones is 1. The molecule has 0 unspecified atom stereocenters. The minimum Gasteiger partial charge on any atom is -0.492 e. The highest BCUT2D eigenvalue weighted by molar-refractivity contribution is 6.00. The molecule has 5 rings (SSSR count). The molecule has 0 fully saturated rings. The highest BCUT2D eigenvalue weighted by Crippen LogP contribution is 2.40. The monoisotopic (exact) mass is 805 g/mol. The molecule has 14 nitrogen and oxygen atoms in total. The lowest BCUT2D eigenvalue weighted by Crippen LogP contribution is -2.54. The first-order valence-corrected chi connectivity index (χ1v) is 19.8. The van der Waals surface area contributed by atoms with Gasteiger partial charge in [0.25, 0.3) is 5.91 Å². The van der Waals surface area contributed by atoms with Crippen LogP contribution in [0, 0.1) is 6.92 Å². The van der Waals surface area contributed by atoms with E-state index in [0.717, 1.165) is 22.3 Å². The van der Waals surface area contributed by atoms with E-state index in [1.165, 1.54) is 25.8 Å². The van der Waals surface area contributed by atoms with Crippen molar-refractivity contribution in [2.45, 2.75) is 64.2 Å². The molecule has 0 spiro atoms. The van der Waals surface area contributed by atoms with E-state index < -0.39 is 47.8 Å². The van der Waals surface area contributed by atoms with Gasteiger partial charge in [-0.05, 0) is 105 Å². The third-order valence-electron chi connectivity index (χ3n) is 10.3. The first kappa shape index (κ1) is 44.0. The second-order valence-electron chi connectivity index (χ2n) is 14.7. The molecule has 4 bridgehead atoms. The largest absolute Gasteiger partial charge is 0.492 e. The van der Waals surface area contributed by atoms with Gasteiger partial charge in [-0.15, -0.1) is 0 Å². The number of fused-ring (bicyclic) bond motifs is 5. The third-order valence-corrected chi connectivity index (χ3v) is 10.3. The fraction of sp³-hybridized carbons (Fsp3) is 0.356. The number of rotatable bonds is 15. The smallest absolute Gasteiger partial charge is 0.252 e. The zero-order valence-corrected chi connectivity index (χ0v) is 34.1. The second kappa shape index (κ2) is 20.6. The van der Waals surface area contributed by atoms with Gasteiger partial charge >= 0.3 is 0 Å². The number of nitrogens with two attached hydrogens (primary N) is 3. The van der Waals surface area contributed by atoms with Gasteiger partial charge in [0.05, 0.1) is 6.04 Å². The summed E-state index contributed by atoms with van der Waals surface area (Å²) in [6, 6.07) is 21.4. The highest BCUT2D eigenvalue weighted by Gasteiger charge is 2.36. The summed E-state index contributed by atoms with van der Waals surface area (Å²) >= 11 is 0. The van der Waals surface area contributed by atoms with Gasteiger partial charge in [0.1, 0.15) is 42.8 Å². The van der Waals surface area contributed by atoms with Crippen LogP contribution in [-0.4, -0.2) is 92.3 Å². The Morgan fingerprint density at radius 3 is 2.10 bits per heavy atom. The van der Waals surface area contributed by atoms with Crippen LogP contribution in [0.25, 0.3) is 22.3 Å². The Bertz CT molecular complexity index is 2140. The van der Waals surface area contributed by atoms with Gasteiger partial charge < -0.3 is 47.5 Å². The predicted octanol–water partition coefficient (Wildman–Crippen LogP) is 3.18. The Kier molecular flexibility index (Phi) is 15.3. The molecule has 4 aromatic rings. The normalized spacial score (nSPS) is 17.1. The quantitative estimate of drug-likeness (QED) is 0.103. The predicted molar refractivity (Wildman–Crippen MR) is 227 cm³/mol. The van der Waals surface area contributed by atoms with Crippen LogP contribution in [0.3, 0.4) is 0 Å². The summed E-state index contributed by atoms with van der Waals surface area (Å²) in [5.41, 5.74) is 22.8. The molecule has 4 amide bonds. The van der Waals surface area contributed by atoms with Crippen LogP contribution in [0.5, 0.6) is 11.5 Å². The number of aryl methyl sites for hydroxylation is 1. The van der Waals surface area contributed by atoms with Gasteiger partial charge in [0.2, 0.25) is 17.7 Å². The molecular formula is C45H55N7O7. The van der Waals surface area contributed by atoms with Crippen molar-refractivity contribution in [2.24, 2.45) is 17.2 Å². The van der Waals surface area contributed by atoms with Crippen molar-refractivity contribution in [3.05, 3.63) is 107 Å². The lowest BCUT2D eigenvalue weighted by Gasteiger charge is -2.32. The van der Waals surface area contributed by atoms with E-state index in [1.54, 1.807) is 30.3 Å². The lowest BCUT2D eigenvalue weighted by molar-refractivity contribution is -0.141. The van der Waals surface area contributed by atoms with E-state index >= 15 is 0 Å². The Hall–Kier alpha value is -6.09. The van der Waals surface area contributed by atoms with Crippen LogP contribution < -0.4 is 42.6 Å². The Morgan fingerprint density at radius 2 is 1.47 bits per heavy atom. The molecule has 9 N–H and O–H groups in total. The number of Topliss-reactive ketones (excluding diaryl/α,β-unsaturated/α-hetero) is 1. The van der Waals surface area contributed by atoms with Crippen molar-refractivity contribution in [2.75, 3.05) is 39.9 Å². The average molecular weight is 806 g/mol. The van der Waals surface area contributed by atoms with Crippen LogP contribution >= 0.6 is 0 Å². The standard InChI is InChI=1S/C45H55N7O7/c1-27-23-32(31-9-6-5-7-10-31)13-15-34(27)43(55)50-37(11-8-18-46)45(57)52(4)41-33-14-17-40(59-22-20-48)36(26-33)35-24-30(12-16-39(35)58-21-19-47)25-38(29(3)53)51-42(54)28(2)49-44(41)56/h5-7,9-10,12-17,23-24,26,28,37-38,41H,8,11,18-22,25,46-48H2,1-4H3,(H,49,56)(H,50,55)(H,51,54)/t28-,37-,38-,41-/m0/s1. The number of hydrogen-bond donors (Lipinski definition) is 6. The van der Waals surface area contributed by atoms with Crippen LogP contribution in [0.1, 0.15) is 59.8 Å². The van der Waals surface area contributed by atoms with Crippen LogP contribution in [0.2, 0.25) is 0 Å². The van der Waals surface area contributed by atoms with Gasteiger partial charge in [-0.2, -0.15) is 0 Å². The minimum atomic E-state index is -1.31. The summed E-state index contributed by atoms with van der Waals surface area (Å²) in [4.78, 5) is 70.6. The number of nitrogens with zero attached hydrogens (tertiary/aromatic N) is 1. The summed E-state index contributed by atoms with van der Waals surface area (Å²) in [5, 5.41) is 8.45. The van der Waals surface area contributed by atoms with E-state index in [0.29, 0.717) is 40.2 Å². The van der Waals surface area contributed by atoms with Crippen molar-refractivity contribution in [1.29, 1.82) is 0 Å². The van der Waals surface area contributed by atoms with Gasteiger partial charge in [-0.3, -0.25) is 24.0 Å². The maximum absolute atomic E-state index is 14.6. The van der Waals surface area contributed by atoms with Gasteiger partial charge in [-0.1, -0.05) is 54.6 Å². The maximum atomic E-state index is 14.6. The number of likely N-dealkylation sites (N-methyl/N-ethyl adjacent to an activating group) is 1. The molecule has 0 aliphatic carbocycles. The van der Waals surface area contributed by atoms with Crippen LogP contribution in [0.15, 0.2) is 84.9 Å². The topological polar surface area (TPSA) is 221 Å². The number of benzene rings is 4. The molecular weight excluding hydrogens is 751 g/mol. The van der Waals surface area contributed by atoms with Crippen molar-refractivity contribution in [3.8, 4) is 33.8 Å². The molecule has 4 atom stereocenters. The molecule has 0 saturated heterocycles. The molecule has 312 valence electrons. The van der Waals surface area contributed by atoms with Gasteiger partial charge in [0.15, 0.2) is 5.78 Å². The third kappa shape index (κ3) is 10.9. The zero-order chi connectivity index (χ0) is 42.6. The number of ether oxygens (including phenoxy) is 2. The van der Waals surface area contributed by atoms with Crippen molar-refractivity contribution < 1.29 is 33.4 Å². The van der Waals surface area contributed by atoms with E-state index in [9.17, 15) is 24.0 Å².